The fourth-order valence-corrected chi connectivity index (χ4v) is 2.80. The van der Waals surface area contributed by atoms with E-state index < -0.39 is 0 Å². The van der Waals surface area contributed by atoms with Crippen LogP contribution in [-0.4, -0.2) is 11.5 Å². The Bertz CT molecular complexity index is 319. The zero-order valence-electron chi connectivity index (χ0n) is 9.79. The summed E-state index contributed by atoms with van der Waals surface area (Å²) < 4.78 is 0. The molecule has 0 aliphatic heterocycles. The second-order valence-corrected chi connectivity index (χ2v) is 5.91. The standard InChI is InChI=1S/C12H20N2S/c1-8(2)5-13-6-10-7-15-12(14-10)11-4-9(11)3/h7-9,11,13H,4-6H2,1-3H3. The summed E-state index contributed by atoms with van der Waals surface area (Å²) in [5, 5.41) is 6.98. The molecule has 15 heavy (non-hydrogen) atoms. The number of aromatic nitrogens is 1. The number of hydrogen-bond donors (Lipinski definition) is 1. The van der Waals surface area contributed by atoms with Crippen LogP contribution in [0.4, 0.5) is 0 Å². The van der Waals surface area contributed by atoms with Crippen molar-refractivity contribution in [3.63, 3.8) is 0 Å². The molecule has 1 aromatic heterocycles. The summed E-state index contributed by atoms with van der Waals surface area (Å²) >= 11 is 1.83. The van der Waals surface area contributed by atoms with Gasteiger partial charge in [0.2, 0.25) is 0 Å². The van der Waals surface area contributed by atoms with Gasteiger partial charge in [0.25, 0.3) is 0 Å². The van der Waals surface area contributed by atoms with Gasteiger partial charge in [0.1, 0.15) is 0 Å². The fraction of sp³-hybridized carbons (Fsp3) is 0.750. The van der Waals surface area contributed by atoms with Gasteiger partial charge < -0.3 is 5.32 Å². The van der Waals surface area contributed by atoms with E-state index in [9.17, 15) is 0 Å². The van der Waals surface area contributed by atoms with Crippen molar-refractivity contribution in [2.75, 3.05) is 6.54 Å². The van der Waals surface area contributed by atoms with Gasteiger partial charge in [-0.1, -0.05) is 20.8 Å². The van der Waals surface area contributed by atoms with Gasteiger partial charge >= 0.3 is 0 Å². The molecular formula is C12H20N2S. The molecule has 2 nitrogen and oxygen atoms in total. The average molecular weight is 224 g/mol. The maximum atomic E-state index is 4.68. The van der Waals surface area contributed by atoms with Crippen LogP contribution in [0.25, 0.3) is 0 Å². The molecule has 1 aromatic rings. The van der Waals surface area contributed by atoms with E-state index in [2.05, 4.69) is 36.5 Å². The van der Waals surface area contributed by atoms with Crippen LogP contribution in [0.15, 0.2) is 5.38 Å². The second-order valence-electron chi connectivity index (χ2n) is 5.02. The van der Waals surface area contributed by atoms with E-state index in [0.29, 0.717) is 5.92 Å². The van der Waals surface area contributed by atoms with Gasteiger partial charge in [0.05, 0.1) is 10.7 Å². The van der Waals surface area contributed by atoms with Gasteiger partial charge in [-0.3, -0.25) is 0 Å². The highest BCUT2D eigenvalue weighted by molar-refractivity contribution is 7.09. The lowest BCUT2D eigenvalue weighted by Crippen LogP contribution is -2.19. The molecule has 1 N–H and O–H groups in total. The lowest BCUT2D eigenvalue weighted by atomic mass is 10.2. The molecular weight excluding hydrogens is 204 g/mol. The van der Waals surface area contributed by atoms with Crippen molar-refractivity contribution in [3.8, 4) is 0 Å². The van der Waals surface area contributed by atoms with E-state index in [1.165, 1.54) is 17.1 Å². The normalized spacial score (nSPS) is 24.8. The van der Waals surface area contributed by atoms with Crippen LogP contribution in [0.2, 0.25) is 0 Å². The molecule has 0 amide bonds. The minimum atomic E-state index is 0.714. The molecule has 2 rings (SSSR count). The summed E-state index contributed by atoms with van der Waals surface area (Å²) in [7, 11) is 0. The molecule has 0 radical (unpaired) electrons. The minimum absolute atomic E-state index is 0.714. The van der Waals surface area contributed by atoms with Crippen molar-refractivity contribution < 1.29 is 0 Å². The number of nitrogens with zero attached hydrogens (tertiary/aromatic N) is 1. The predicted molar refractivity (Wildman–Crippen MR) is 65.2 cm³/mol. The summed E-state index contributed by atoms with van der Waals surface area (Å²) in [5.74, 6) is 2.35. The Morgan fingerprint density at radius 1 is 1.60 bits per heavy atom. The van der Waals surface area contributed by atoms with Crippen molar-refractivity contribution in [1.29, 1.82) is 0 Å². The van der Waals surface area contributed by atoms with Gasteiger partial charge in [-0.15, -0.1) is 11.3 Å². The van der Waals surface area contributed by atoms with Crippen LogP contribution in [-0.2, 0) is 6.54 Å². The van der Waals surface area contributed by atoms with E-state index in [1.54, 1.807) is 0 Å². The molecule has 84 valence electrons. The Kier molecular flexibility index (Phi) is 3.42. The van der Waals surface area contributed by atoms with Crippen LogP contribution in [0.5, 0.6) is 0 Å². The van der Waals surface area contributed by atoms with Crippen LogP contribution in [0.1, 0.15) is 43.8 Å². The monoisotopic (exact) mass is 224 g/mol. The van der Waals surface area contributed by atoms with Crippen LogP contribution in [0, 0.1) is 11.8 Å². The first-order valence-corrected chi connectivity index (χ1v) is 6.69. The minimum Gasteiger partial charge on any atom is -0.311 e. The molecule has 3 heteroatoms. The number of hydrogen-bond acceptors (Lipinski definition) is 3. The molecule has 0 spiro atoms. The van der Waals surface area contributed by atoms with Gasteiger partial charge in [-0.25, -0.2) is 4.98 Å². The molecule has 2 unspecified atom stereocenters. The topological polar surface area (TPSA) is 24.9 Å². The quantitative estimate of drug-likeness (QED) is 0.831. The smallest absolute Gasteiger partial charge is 0.0962 e. The Balaban J connectivity index is 1.80. The SMILES string of the molecule is CC(C)CNCc1csc(C2CC2C)n1. The Morgan fingerprint density at radius 2 is 2.33 bits per heavy atom. The third-order valence-corrected chi connectivity index (χ3v) is 3.88. The van der Waals surface area contributed by atoms with Crippen molar-refractivity contribution >= 4 is 11.3 Å². The van der Waals surface area contributed by atoms with Crippen LogP contribution >= 0.6 is 11.3 Å². The van der Waals surface area contributed by atoms with E-state index in [1.807, 2.05) is 11.3 Å². The lowest BCUT2D eigenvalue weighted by Gasteiger charge is -2.04. The van der Waals surface area contributed by atoms with Crippen LogP contribution in [0.3, 0.4) is 0 Å². The first-order chi connectivity index (χ1) is 7.16. The van der Waals surface area contributed by atoms with E-state index in [4.69, 9.17) is 0 Å². The van der Waals surface area contributed by atoms with Crippen molar-refractivity contribution in [2.45, 2.75) is 39.7 Å². The van der Waals surface area contributed by atoms with Crippen LogP contribution < -0.4 is 5.32 Å². The zero-order chi connectivity index (χ0) is 10.8. The van der Waals surface area contributed by atoms with E-state index in [0.717, 1.165) is 24.9 Å². The highest BCUT2D eigenvalue weighted by atomic mass is 32.1. The third-order valence-electron chi connectivity index (χ3n) is 2.85. The Hall–Kier alpha value is -0.410. The van der Waals surface area contributed by atoms with Gasteiger partial charge in [-0.2, -0.15) is 0 Å². The Morgan fingerprint density at radius 3 is 2.93 bits per heavy atom. The first-order valence-electron chi connectivity index (χ1n) is 5.82. The Labute approximate surface area is 96.1 Å². The molecule has 1 fully saturated rings. The largest absolute Gasteiger partial charge is 0.311 e. The maximum Gasteiger partial charge on any atom is 0.0962 e. The highest BCUT2D eigenvalue weighted by Gasteiger charge is 2.36. The lowest BCUT2D eigenvalue weighted by molar-refractivity contribution is 0.548. The molecule has 2 atom stereocenters. The molecule has 0 saturated heterocycles. The fourth-order valence-electron chi connectivity index (χ4n) is 1.73. The number of rotatable bonds is 5. The molecule has 0 bridgehead atoms. The van der Waals surface area contributed by atoms with Gasteiger partial charge in [-0.05, 0) is 24.8 Å². The summed E-state index contributed by atoms with van der Waals surface area (Å²) in [6.45, 7) is 8.77. The summed E-state index contributed by atoms with van der Waals surface area (Å²) in [6, 6.07) is 0. The molecule has 1 aliphatic rings. The first kappa shape index (κ1) is 11.1. The van der Waals surface area contributed by atoms with Crippen molar-refractivity contribution in [2.24, 2.45) is 11.8 Å². The van der Waals surface area contributed by atoms with Gasteiger partial charge in [0, 0.05) is 17.8 Å². The highest BCUT2D eigenvalue weighted by Crippen LogP contribution is 2.47. The summed E-state index contributed by atoms with van der Waals surface area (Å²) in [4.78, 5) is 4.68. The number of nitrogens with one attached hydrogen (secondary N) is 1. The van der Waals surface area contributed by atoms with E-state index in [-0.39, 0.29) is 0 Å². The van der Waals surface area contributed by atoms with Crippen molar-refractivity contribution in [1.82, 2.24) is 10.3 Å². The maximum absolute atomic E-state index is 4.68. The number of thiazole rings is 1. The second kappa shape index (κ2) is 4.62. The molecule has 1 heterocycles. The molecule has 1 saturated carbocycles. The summed E-state index contributed by atoms with van der Waals surface area (Å²) in [6.07, 6.45) is 1.34. The van der Waals surface area contributed by atoms with E-state index >= 15 is 0 Å². The third kappa shape index (κ3) is 3.02. The zero-order valence-corrected chi connectivity index (χ0v) is 10.6. The average Bonchev–Trinajstić information content (AvgIpc) is 2.73. The predicted octanol–water partition coefficient (Wildman–Crippen LogP) is 3.01. The van der Waals surface area contributed by atoms with Gasteiger partial charge in [0.15, 0.2) is 0 Å². The molecule has 1 aliphatic carbocycles. The van der Waals surface area contributed by atoms with Crippen molar-refractivity contribution in [3.05, 3.63) is 16.1 Å². The summed E-state index contributed by atoms with van der Waals surface area (Å²) in [5.41, 5.74) is 1.22. The molecule has 0 aromatic carbocycles.